The molecular formula is C24H28N4O2. The fraction of sp³-hybridized carbons (Fsp3) is 0.292. The van der Waals surface area contributed by atoms with Gasteiger partial charge in [0.25, 0.3) is 0 Å². The van der Waals surface area contributed by atoms with Gasteiger partial charge < -0.3 is 9.64 Å². The molecule has 0 radical (unpaired) electrons. The zero-order valence-corrected chi connectivity index (χ0v) is 18.2. The monoisotopic (exact) mass is 404 g/mol. The van der Waals surface area contributed by atoms with Crippen molar-refractivity contribution >= 4 is 18.0 Å². The maximum absolute atomic E-state index is 12.7. The number of nitrogens with zero attached hydrogens (tertiary/aromatic N) is 4. The van der Waals surface area contributed by atoms with E-state index >= 15 is 0 Å². The molecule has 0 fully saturated rings. The summed E-state index contributed by atoms with van der Waals surface area (Å²) in [6, 6.07) is 11.6. The lowest BCUT2D eigenvalue weighted by Crippen LogP contribution is -2.14. The van der Waals surface area contributed by atoms with Gasteiger partial charge in [0.05, 0.1) is 23.3 Å². The summed E-state index contributed by atoms with van der Waals surface area (Å²) >= 11 is 0. The lowest BCUT2D eigenvalue weighted by molar-refractivity contribution is 0.0471. The van der Waals surface area contributed by atoms with Crippen molar-refractivity contribution in [3.8, 4) is 5.69 Å². The summed E-state index contributed by atoms with van der Waals surface area (Å²) in [6.07, 6.45) is 5.44. The van der Waals surface area contributed by atoms with Crippen LogP contribution in [0.3, 0.4) is 0 Å². The minimum Gasteiger partial charge on any atom is -0.457 e. The van der Waals surface area contributed by atoms with Gasteiger partial charge in [-0.1, -0.05) is 6.07 Å². The number of ether oxygens (including phenoxy) is 1. The zero-order chi connectivity index (χ0) is 21.7. The molecule has 3 rings (SSSR count). The van der Waals surface area contributed by atoms with Crippen molar-refractivity contribution in [3.63, 3.8) is 0 Å². The van der Waals surface area contributed by atoms with Crippen molar-refractivity contribution in [1.82, 2.24) is 14.7 Å². The number of esters is 1. The summed E-state index contributed by atoms with van der Waals surface area (Å²) in [6.45, 7) is 9.04. The fourth-order valence-electron chi connectivity index (χ4n) is 3.03. The number of hydrogen-bond acceptors (Lipinski definition) is 4. The van der Waals surface area contributed by atoms with Crippen molar-refractivity contribution in [2.45, 2.75) is 34.3 Å². The predicted molar refractivity (Wildman–Crippen MR) is 120 cm³/mol. The standard InChI is InChI=1S/C24H28N4O2/c1-6-27(5)16-25-23-14-18(3)22(13-19(23)4)24(29)30-15-20-8-9-21(12-17(20)2)28-11-7-10-26-28/h7-14,16H,6,15H2,1-5H3/b25-16+. The number of aryl methyl sites for hydroxylation is 3. The average Bonchev–Trinajstić information content (AvgIpc) is 3.27. The molecule has 0 aliphatic carbocycles. The van der Waals surface area contributed by atoms with Gasteiger partial charge in [-0.05, 0) is 80.3 Å². The number of rotatable bonds is 7. The number of carbonyl (C=O) groups is 1. The van der Waals surface area contributed by atoms with Crippen molar-refractivity contribution < 1.29 is 9.53 Å². The Morgan fingerprint density at radius 3 is 2.63 bits per heavy atom. The molecule has 0 bridgehead atoms. The molecule has 6 nitrogen and oxygen atoms in total. The lowest BCUT2D eigenvalue weighted by Gasteiger charge is -2.13. The van der Waals surface area contributed by atoms with Gasteiger partial charge in [0.2, 0.25) is 0 Å². The van der Waals surface area contributed by atoms with E-state index < -0.39 is 0 Å². The van der Waals surface area contributed by atoms with E-state index in [0.717, 1.165) is 40.2 Å². The Kier molecular flexibility index (Phi) is 6.67. The molecule has 0 aliphatic rings. The molecule has 0 saturated heterocycles. The second-order valence-corrected chi connectivity index (χ2v) is 7.41. The molecule has 0 saturated carbocycles. The SMILES string of the molecule is CCN(C)/C=N/c1cc(C)c(C(=O)OCc2ccc(-n3cccn3)cc2C)cc1C. The van der Waals surface area contributed by atoms with E-state index in [1.54, 1.807) is 17.2 Å². The first-order valence-corrected chi connectivity index (χ1v) is 10.0. The fourth-order valence-corrected chi connectivity index (χ4v) is 3.03. The van der Waals surface area contributed by atoms with Crippen LogP contribution in [0.5, 0.6) is 0 Å². The van der Waals surface area contributed by atoms with E-state index in [9.17, 15) is 4.79 Å². The molecule has 0 aliphatic heterocycles. The highest BCUT2D eigenvalue weighted by Gasteiger charge is 2.14. The molecule has 1 aromatic heterocycles. The molecular weight excluding hydrogens is 376 g/mol. The van der Waals surface area contributed by atoms with Crippen molar-refractivity contribution in [2.24, 2.45) is 4.99 Å². The smallest absolute Gasteiger partial charge is 0.338 e. The molecule has 30 heavy (non-hydrogen) atoms. The summed E-state index contributed by atoms with van der Waals surface area (Å²) < 4.78 is 7.41. The first kappa shape index (κ1) is 21.3. The third-order valence-corrected chi connectivity index (χ3v) is 5.11. The van der Waals surface area contributed by atoms with Crippen LogP contribution in [-0.2, 0) is 11.3 Å². The van der Waals surface area contributed by atoms with E-state index in [-0.39, 0.29) is 12.6 Å². The predicted octanol–water partition coefficient (Wildman–Crippen LogP) is 4.77. The summed E-state index contributed by atoms with van der Waals surface area (Å²) in [5.41, 5.74) is 6.21. The number of benzene rings is 2. The Bertz CT molecular complexity index is 1060. The van der Waals surface area contributed by atoms with E-state index in [2.05, 4.69) is 17.0 Å². The van der Waals surface area contributed by atoms with Gasteiger partial charge in [-0.3, -0.25) is 0 Å². The van der Waals surface area contributed by atoms with Crippen LogP contribution in [0.1, 0.15) is 39.5 Å². The van der Waals surface area contributed by atoms with Gasteiger partial charge in [0.15, 0.2) is 0 Å². The molecule has 0 atom stereocenters. The minimum absolute atomic E-state index is 0.226. The molecule has 6 heteroatoms. The van der Waals surface area contributed by atoms with Crippen LogP contribution >= 0.6 is 0 Å². The van der Waals surface area contributed by atoms with Gasteiger partial charge in [-0.15, -0.1) is 0 Å². The number of hydrogen-bond donors (Lipinski definition) is 0. The first-order chi connectivity index (χ1) is 14.4. The van der Waals surface area contributed by atoms with Crippen LogP contribution in [0.2, 0.25) is 0 Å². The maximum atomic E-state index is 12.7. The topological polar surface area (TPSA) is 59.7 Å². The van der Waals surface area contributed by atoms with Gasteiger partial charge in [0, 0.05) is 26.0 Å². The normalized spacial score (nSPS) is 11.1. The zero-order valence-electron chi connectivity index (χ0n) is 18.2. The largest absolute Gasteiger partial charge is 0.457 e. The highest BCUT2D eigenvalue weighted by atomic mass is 16.5. The third kappa shape index (κ3) is 4.95. The molecule has 156 valence electrons. The van der Waals surface area contributed by atoms with Gasteiger partial charge in [-0.25, -0.2) is 14.5 Å². The molecule has 2 aromatic carbocycles. The van der Waals surface area contributed by atoms with Crippen LogP contribution in [0, 0.1) is 20.8 Å². The highest BCUT2D eigenvalue weighted by Crippen LogP contribution is 2.24. The van der Waals surface area contributed by atoms with Crippen LogP contribution in [0.4, 0.5) is 5.69 Å². The van der Waals surface area contributed by atoms with Crippen LogP contribution in [-0.4, -0.2) is 40.6 Å². The van der Waals surface area contributed by atoms with Crippen molar-refractivity contribution in [3.05, 3.63) is 76.6 Å². The van der Waals surface area contributed by atoms with E-state index in [1.807, 2.05) is 75.3 Å². The van der Waals surface area contributed by atoms with E-state index in [1.165, 1.54) is 0 Å². The van der Waals surface area contributed by atoms with Gasteiger partial charge in [0.1, 0.15) is 6.61 Å². The molecule has 0 amide bonds. The number of aromatic nitrogens is 2. The number of aliphatic imine (C=N–C) groups is 1. The van der Waals surface area contributed by atoms with Gasteiger partial charge >= 0.3 is 5.97 Å². The Balaban J connectivity index is 1.70. The van der Waals surface area contributed by atoms with E-state index in [4.69, 9.17) is 4.74 Å². The second-order valence-electron chi connectivity index (χ2n) is 7.41. The Morgan fingerprint density at radius 1 is 1.17 bits per heavy atom. The minimum atomic E-state index is -0.327. The molecule has 1 heterocycles. The molecule has 0 N–H and O–H groups in total. The Hall–Kier alpha value is -3.41. The van der Waals surface area contributed by atoms with Crippen LogP contribution in [0.15, 0.2) is 53.8 Å². The van der Waals surface area contributed by atoms with Gasteiger partial charge in [-0.2, -0.15) is 5.10 Å². The first-order valence-electron chi connectivity index (χ1n) is 10.0. The summed E-state index contributed by atoms with van der Waals surface area (Å²) in [7, 11) is 1.97. The molecule has 3 aromatic rings. The average molecular weight is 405 g/mol. The van der Waals surface area contributed by atoms with Crippen molar-refractivity contribution in [1.29, 1.82) is 0 Å². The Morgan fingerprint density at radius 2 is 1.97 bits per heavy atom. The second kappa shape index (κ2) is 9.39. The maximum Gasteiger partial charge on any atom is 0.338 e. The summed E-state index contributed by atoms with van der Waals surface area (Å²) in [5, 5.41) is 4.24. The van der Waals surface area contributed by atoms with Crippen LogP contribution < -0.4 is 0 Å². The summed E-state index contributed by atoms with van der Waals surface area (Å²) in [5.74, 6) is -0.327. The Labute approximate surface area is 177 Å². The molecule has 0 spiro atoms. The van der Waals surface area contributed by atoms with Crippen molar-refractivity contribution in [2.75, 3.05) is 13.6 Å². The quantitative estimate of drug-likeness (QED) is 0.323. The lowest BCUT2D eigenvalue weighted by atomic mass is 10.0. The summed E-state index contributed by atoms with van der Waals surface area (Å²) in [4.78, 5) is 19.2. The van der Waals surface area contributed by atoms with Crippen LogP contribution in [0.25, 0.3) is 5.69 Å². The number of carbonyl (C=O) groups excluding carboxylic acids is 1. The molecule has 0 unspecified atom stereocenters. The van der Waals surface area contributed by atoms with E-state index in [0.29, 0.717) is 5.56 Å². The third-order valence-electron chi connectivity index (χ3n) is 5.11. The highest BCUT2D eigenvalue weighted by molar-refractivity contribution is 5.92.